The summed E-state index contributed by atoms with van der Waals surface area (Å²) in [5.41, 5.74) is 1.51. The lowest BCUT2D eigenvalue weighted by molar-refractivity contribution is -0.0563. The van der Waals surface area contributed by atoms with Crippen LogP contribution in [0.3, 0.4) is 0 Å². The normalized spacial score (nSPS) is 17.8. The summed E-state index contributed by atoms with van der Waals surface area (Å²) >= 11 is 0. The Morgan fingerprint density at radius 2 is 1.87 bits per heavy atom. The van der Waals surface area contributed by atoms with E-state index in [2.05, 4.69) is 15.9 Å². The summed E-state index contributed by atoms with van der Waals surface area (Å²) in [6, 6.07) is 9.97. The third-order valence-electron chi connectivity index (χ3n) is 3.92. The molecule has 1 atom stereocenters. The molecule has 1 aliphatic rings. The Morgan fingerprint density at radius 3 is 2.48 bits per heavy atom. The molecule has 1 fully saturated rings. The molecule has 1 unspecified atom stereocenters. The number of anilines is 1. The first-order valence-electron chi connectivity index (χ1n) is 8.17. The van der Waals surface area contributed by atoms with Crippen LogP contribution in [-0.4, -0.2) is 61.0 Å². The molecule has 1 saturated heterocycles. The predicted molar refractivity (Wildman–Crippen MR) is 91.5 cm³/mol. The largest absolute Gasteiger partial charge is 0.389 e. The summed E-state index contributed by atoms with van der Waals surface area (Å²) in [5, 5.41) is 19.3. The Labute approximate surface area is 139 Å². The maximum atomic E-state index is 10.1. The van der Waals surface area contributed by atoms with Gasteiger partial charge >= 0.3 is 0 Å². The summed E-state index contributed by atoms with van der Waals surface area (Å²) in [7, 11) is 0. The molecule has 126 valence electrons. The zero-order valence-electron chi connectivity index (χ0n) is 14.3. The number of benzene rings is 1. The molecule has 0 amide bonds. The Bertz CT molecular complexity index is 540. The molecule has 1 heterocycles. The number of nitriles is 1. The molecule has 1 aromatic carbocycles. The van der Waals surface area contributed by atoms with Gasteiger partial charge in [0, 0.05) is 32.7 Å². The summed E-state index contributed by atoms with van der Waals surface area (Å²) in [4.78, 5) is 4.50. The molecule has 0 aromatic heterocycles. The molecular formula is C18H27N3O2. The number of aliphatic hydroxyl groups is 1. The highest BCUT2D eigenvalue weighted by Gasteiger charge is 2.22. The van der Waals surface area contributed by atoms with E-state index in [-0.39, 0.29) is 5.60 Å². The van der Waals surface area contributed by atoms with Crippen LogP contribution in [0.4, 0.5) is 5.69 Å². The van der Waals surface area contributed by atoms with Gasteiger partial charge in [0.15, 0.2) is 0 Å². The third kappa shape index (κ3) is 5.51. The Kier molecular flexibility index (Phi) is 6.00. The van der Waals surface area contributed by atoms with Gasteiger partial charge in [0.2, 0.25) is 0 Å². The Balaban J connectivity index is 1.81. The average Bonchev–Trinajstić information content (AvgIpc) is 2.53. The van der Waals surface area contributed by atoms with E-state index in [1.54, 1.807) is 0 Å². The molecule has 0 spiro atoms. The van der Waals surface area contributed by atoms with Crippen LogP contribution in [-0.2, 0) is 4.74 Å². The van der Waals surface area contributed by atoms with E-state index in [4.69, 9.17) is 4.74 Å². The van der Waals surface area contributed by atoms with Gasteiger partial charge < -0.3 is 14.7 Å². The van der Waals surface area contributed by atoms with Crippen molar-refractivity contribution in [2.75, 3.05) is 44.2 Å². The summed E-state index contributed by atoms with van der Waals surface area (Å²) in [5.74, 6) is 0. The van der Waals surface area contributed by atoms with Gasteiger partial charge in [-0.3, -0.25) is 4.90 Å². The highest BCUT2D eigenvalue weighted by Crippen LogP contribution is 2.21. The fourth-order valence-electron chi connectivity index (χ4n) is 2.71. The standard InChI is InChI=1S/C18H27N3O2/c1-18(2,3)23-14-16(22)13-20-8-10-21(11-9-20)17-7-5-4-6-15(17)12-19/h4-7,16,22H,8-11,13-14H2,1-3H3. The molecule has 5 nitrogen and oxygen atoms in total. The molecule has 23 heavy (non-hydrogen) atoms. The van der Waals surface area contributed by atoms with E-state index in [0.29, 0.717) is 13.2 Å². The number of aliphatic hydroxyl groups excluding tert-OH is 1. The first-order chi connectivity index (χ1) is 10.9. The third-order valence-corrected chi connectivity index (χ3v) is 3.92. The monoisotopic (exact) mass is 317 g/mol. The lowest BCUT2D eigenvalue weighted by Gasteiger charge is -2.37. The van der Waals surface area contributed by atoms with Crippen LogP contribution < -0.4 is 4.90 Å². The van der Waals surface area contributed by atoms with Crippen molar-refractivity contribution in [2.45, 2.75) is 32.5 Å². The van der Waals surface area contributed by atoms with Crippen LogP contribution in [0.2, 0.25) is 0 Å². The molecule has 1 aliphatic heterocycles. The number of hydrogen-bond acceptors (Lipinski definition) is 5. The van der Waals surface area contributed by atoms with Crippen molar-refractivity contribution in [2.24, 2.45) is 0 Å². The van der Waals surface area contributed by atoms with Crippen molar-refractivity contribution in [1.82, 2.24) is 4.90 Å². The smallest absolute Gasteiger partial charge is 0.101 e. The van der Waals surface area contributed by atoms with E-state index in [9.17, 15) is 10.4 Å². The summed E-state index contributed by atoms with van der Waals surface area (Å²) in [6.45, 7) is 10.5. The molecule has 2 rings (SSSR count). The molecule has 0 saturated carbocycles. The second-order valence-corrected chi connectivity index (χ2v) is 6.99. The fraction of sp³-hybridized carbons (Fsp3) is 0.611. The van der Waals surface area contributed by atoms with Crippen molar-refractivity contribution >= 4 is 5.69 Å². The zero-order chi connectivity index (χ0) is 16.9. The number of rotatable bonds is 5. The van der Waals surface area contributed by atoms with E-state index in [1.807, 2.05) is 45.0 Å². The molecule has 1 aromatic rings. The Morgan fingerprint density at radius 1 is 1.22 bits per heavy atom. The number of nitrogens with zero attached hydrogens (tertiary/aromatic N) is 3. The SMILES string of the molecule is CC(C)(C)OCC(O)CN1CCN(c2ccccc2C#N)CC1. The number of hydrogen-bond donors (Lipinski definition) is 1. The van der Waals surface area contributed by atoms with Gasteiger partial charge in [-0.15, -0.1) is 0 Å². The highest BCUT2D eigenvalue weighted by atomic mass is 16.5. The van der Waals surface area contributed by atoms with Crippen molar-refractivity contribution in [3.05, 3.63) is 29.8 Å². The van der Waals surface area contributed by atoms with Crippen LogP contribution in [0, 0.1) is 11.3 Å². The number of ether oxygens (including phenoxy) is 1. The first-order valence-corrected chi connectivity index (χ1v) is 8.17. The number of β-amino-alcohol motifs (C(OH)–C–C–N with tert-alkyl or cyclic N) is 1. The molecular weight excluding hydrogens is 290 g/mol. The number of para-hydroxylation sites is 1. The van der Waals surface area contributed by atoms with Crippen molar-refractivity contribution in [1.29, 1.82) is 5.26 Å². The maximum Gasteiger partial charge on any atom is 0.101 e. The maximum absolute atomic E-state index is 10.1. The Hall–Kier alpha value is -1.61. The van der Waals surface area contributed by atoms with Gasteiger partial charge in [-0.2, -0.15) is 5.26 Å². The fourth-order valence-corrected chi connectivity index (χ4v) is 2.71. The molecule has 0 aliphatic carbocycles. The van der Waals surface area contributed by atoms with Crippen LogP contribution in [0.5, 0.6) is 0 Å². The second kappa shape index (κ2) is 7.78. The second-order valence-electron chi connectivity index (χ2n) is 6.99. The van der Waals surface area contributed by atoms with Crippen LogP contribution in [0.25, 0.3) is 0 Å². The first kappa shape index (κ1) is 17.7. The van der Waals surface area contributed by atoms with Crippen molar-refractivity contribution in [3.8, 4) is 6.07 Å². The van der Waals surface area contributed by atoms with Crippen LogP contribution in [0.15, 0.2) is 24.3 Å². The quantitative estimate of drug-likeness (QED) is 0.898. The van der Waals surface area contributed by atoms with Gasteiger partial charge in [0.25, 0.3) is 0 Å². The summed E-state index contributed by atoms with van der Waals surface area (Å²) < 4.78 is 5.63. The molecule has 1 N–H and O–H groups in total. The topological polar surface area (TPSA) is 59.7 Å². The number of piperazine rings is 1. The lowest BCUT2D eigenvalue weighted by Crippen LogP contribution is -2.49. The average molecular weight is 317 g/mol. The van der Waals surface area contributed by atoms with Gasteiger partial charge in [-0.25, -0.2) is 0 Å². The van der Waals surface area contributed by atoms with Gasteiger partial charge in [0.05, 0.1) is 29.6 Å². The minimum absolute atomic E-state index is 0.222. The minimum atomic E-state index is -0.466. The lowest BCUT2D eigenvalue weighted by atomic mass is 10.1. The van der Waals surface area contributed by atoms with Gasteiger partial charge in [0.1, 0.15) is 6.07 Å². The van der Waals surface area contributed by atoms with E-state index in [1.165, 1.54) is 0 Å². The van der Waals surface area contributed by atoms with Crippen LogP contribution in [0.1, 0.15) is 26.3 Å². The molecule has 0 bridgehead atoms. The van der Waals surface area contributed by atoms with Gasteiger partial charge in [-0.1, -0.05) is 12.1 Å². The van der Waals surface area contributed by atoms with E-state index < -0.39 is 6.10 Å². The predicted octanol–water partition coefficient (Wildman–Crippen LogP) is 1.86. The van der Waals surface area contributed by atoms with Crippen molar-refractivity contribution in [3.63, 3.8) is 0 Å². The highest BCUT2D eigenvalue weighted by molar-refractivity contribution is 5.59. The van der Waals surface area contributed by atoms with Crippen LogP contribution >= 0.6 is 0 Å². The zero-order valence-corrected chi connectivity index (χ0v) is 14.3. The molecule has 0 radical (unpaired) electrons. The van der Waals surface area contributed by atoms with E-state index >= 15 is 0 Å². The van der Waals surface area contributed by atoms with E-state index in [0.717, 1.165) is 37.4 Å². The van der Waals surface area contributed by atoms with Crippen molar-refractivity contribution < 1.29 is 9.84 Å². The minimum Gasteiger partial charge on any atom is -0.389 e. The molecule has 5 heteroatoms. The summed E-state index contributed by atoms with van der Waals surface area (Å²) in [6.07, 6.45) is -0.466. The van der Waals surface area contributed by atoms with Gasteiger partial charge in [-0.05, 0) is 32.9 Å².